The first-order valence-electron chi connectivity index (χ1n) is 8.50. The van der Waals surface area contributed by atoms with Crippen LogP contribution in [-0.4, -0.2) is 36.6 Å². The Morgan fingerprint density at radius 2 is 1.52 bits per heavy atom. The summed E-state index contributed by atoms with van der Waals surface area (Å²) in [5.74, 6) is -1.41. The summed E-state index contributed by atoms with van der Waals surface area (Å²) in [6, 6.07) is 6.93. The maximum Gasteiger partial charge on any atom is 0.328 e. The first-order chi connectivity index (χ1) is 11.7. The first kappa shape index (κ1) is 19.0. The van der Waals surface area contributed by atoms with Gasteiger partial charge in [0.1, 0.15) is 0 Å². The molecular formula is C19H25NO5. The third-order valence-corrected chi connectivity index (χ3v) is 4.13. The van der Waals surface area contributed by atoms with Gasteiger partial charge in [-0.3, -0.25) is 14.4 Å². The molecule has 0 N–H and O–H groups in total. The predicted molar refractivity (Wildman–Crippen MR) is 93.2 cm³/mol. The summed E-state index contributed by atoms with van der Waals surface area (Å²) in [6.45, 7) is 8.63. The van der Waals surface area contributed by atoms with E-state index in [-0.39, 0.29) is 31.1 Å². The third kappa shape index (κ3) is 3.52. The predicted octanol–water partition coefficient (Wildman–Crippen LogP) is 2.58. The first-order valence-corrected chi connectivity index (χ1v) is 8.50. The lowest BCUT2D eigenvalue weighted by atomic mass is 9.73. The molecule has 1 heterocycles. The van der Waals surface area contributed by atoms with E-state index in [1.165, 1.54) is 6.92 Å². The molecule has 0 fully saturated rings. The van der Waals surface area contributed by atoms with Crippen LogP contribution < -0.4 is 4.90 Å². The third-order valence-electron chi connectivity index (χ3n) is 4.13. The topological polar surface area (TPSA) is 72.9 Å². The monoisotopic (exact) mass is 347 g/mol. The maximum atomic E-state index is 13.0. The van der Waals surface area contributed by atoms with E-state index in [0.29, 0.717) is 11.3 Å². The average Bonchev–Trinajstić information content (AvgIpc) is 2.51. The molecule has 0 aliphatic carbocycles. The van der Waals surface area contributed by atoms with Gasteiger partial charge in [-0.25, -0.2) is 0 Å². The van der Waals surface area contributed by atoms with Gasteiger partial charge in [0.05, 0.1) is 12.2 Å². The maximum absolute atomic E-state index is 13.0. The van der Waals surface area contributed by atoms with Gasteiger partial charge in [-0.2, -0.15) is 0 Å². The Balaban J connectivity index is 2.62. The average molecular weight is 347 g/mol. The van der Waals surface area contributed by atoms with Crippen LogP contribution in [0.2, 0.25) is 0 Å². The molecule has 1 amide bonds. The number of hydrogen-bond donors (Lipinski definition) is 0. The lowest BCUT2D eigenvalue weighted by Gasteiger charge is -2.40. The van der Waals surface area contributed by atoms with E-state index in [1.54, 1.807) is 56.9 Å². The Labute approximate surface area is 148 Å². The summed E-state index contributed by atoms with van der Waals surface area (Å²) in [4.78, 5) is 39.5. The second-order valence-corrected chi connectivity index (χ2v) is 6.75. The van der Waals surface area contributed by atoms with Crippen LogP contribution in [0, 0.1) is 0 Å². The number of amides is 1. The van der Waals surface area contributed by atoms with Crippen LogP contribution in [0.15, 0.2) is 24.3 Å². The fourth-order valence-electron chi connectivity index (χ4n) is 3.07. The van der Waals surface area contributed by atoms with Gasteiger partial charge in [0.15, 0.2) is 5.41 Å². The van der Waals surface area contributed by atoms with Crippen LogP contribution in [0.3, 0.4) is 0 Å². The summed E-state index contributed by atoms with van der Waals surface area (Å²) >= 11 is 0. The van der Waals surface area contributed by atoms with Crippen molar-refractivity contribution in [3.05, 3.63) is 29.8 Å². The van der Waals surface area contributed by atoms with Crippen LogP contribution in [0.1, 0.15) is 46.6 Å². The van der Waals surface area contributed by atoms with E-state index in [2.05, 4.69) is 0 Å². The number of hydrogen-bond acceptors (Lipinski definition) is 5. The molecule has 1 aromatic carbocycles. The second kappa shape index (κ2) is 7.25. The van der Waals surface area contributed by atoms with E-state index in [4.69, 9.17) is 9.47 Å². The fraction of sp³-hybridized carbons (Fsp3) is 0.526. The van der Waals surface area contributed by atoms with Crippen molar-refractivity contribution in [3.8, 4) is 0 Å². The summed E-state index contributed by atoms with van der Waals surface area (Å²) in [6.07, 6.45) is -0.607. The number of esters is 2. The molecule has 1 aliphatic rings. The van der Waals surface area contributed by atoms with Crippen molar-refractivity contribution in [1.82, 2.24) is 0 Å². The zero-order chi connectivity index (χ0) is 18.8. The highest BCUT2D eigenvalue weighted by molar-refractivity contribution is 6.10. The van der Waals surface area contributed by atoms with Crippen molar-refractivity contribution < 1.29 is 23.9 Å². The number of nitrogens with zero attached hydrogens (tertiary/aromatic N) is 1. The molecule has 0 aromatic heterocycles. The minimum atomic E-state index is -1.56. The highest BCUT2D eigenvalue weighted by Gasteiger charge is 2.55. The number of benzene rings is 1. The molecule has 0 spiro atoms. The molecule has 6 nitrogen and oxygen atoms in total. The number of fused-ring (bicyclic) bond motifs is 1. The number of para-hydroxylation sites is 1. The molecule has 136 valence electrons. The van der Waals surface area contributed by atoms with Gasteiger partial charge < -0.3 is 14.4 Å². The van der Waals surface area contributed by atoms with Crippen molar-refractivity contribution in [1.29, 1.82) is 0 Å². The SMILES string of the molecule is CC(=O)N1CCC(C(=O)OC(C)C)(C(=O)OC(C)C)c2ccccc21. The number of anilines is 1. The summed E-state index contributed by atoms with van der Waals surface area (Å²) in [5.41, 5.74) is -0.563. The van der Waals surface area contributed by atoms with Crippen molar-refractivity contribution >= 4 is 23.5 Å². The molecule has 0 bridgehead atoms. The molecule has 0 atom stereocenters. The summed E-state index contributed by atoms with van der Waals surface area (Å²) < 4.78 is 10.8. The number of ether oxygens (including phenoxy) is 2. The van der Waals surface area contributed by atoms with E-state index >= 15 is 0 Å². The molecule has 2 rings (SSSR count). The van der Waals surface area contributed by atoms with Crippen molar-refractivity contribution in [2.24, 2.45) is 0 Å². The molecule has 6 heteroatoms. The van der Waals surface area contributed by atoms with Gasteiger partial charge in [0, 0.05) is 24.7 Å². The van der Waals surface area contributed by atoms with Crippen LogP contribution in [0.5, 0.6) is 0 Å². The van der Waals surface area contributed by atoms with Gasteiger partial charge in [-0.15, -0.1) is 0 Å². The Hall–Kier alpha value is -2.37. The number of rotatable bonds is 4. The van der Waals surface area contributed by atoms with Crippen molar-refractivity contribution in [2.45, 2.75) is 58.7 Å². The minimum absolute atomic E-state index is 0.126. The van der Waals surface area contributed by atoms with Gasteiger partial charge in [-0.1, -0.05) is 18.2 Å². The van der Waals surface area contributed by atoms with E-state index in [9.17, 15) is 14.4 Å². The molecule has 25 heavy (non-hydrogen) atoms. The number of carbonyl (C=O) groups excluding carboxylic acids is 3. The Morgan fingerprint density at radius 1 is 1.00 bits per heavy atom. The minimum Gasteiger partial charge on any atom is -0.462 e. The lowest BCUT2D eigenvalue weighted by molar-refractivity contribution is -0.170. The molecule has 0 radical (unpaired) electrons. The van der Waals surface area contributed by atoms with E-state index in [0.717, 1.165) is 0 Å². The largest absolute Gasteiger partial charge is 0.462 e. The van der Waals surface area contributed by atoms with Crippen LogP contribution in [0.25, 0.3) is 0 Å². The zero-order valence-electron chi connectivity index (χ0n) is 15.4. The molecule has 0 unspecified atom stereocenters. The highest BCUT2D eigenvalue weighted by atomic mass is 16.6. The van der Waals surface area contributed by atoms with Gasteiger partial charge in [0.25, 0.3) is 0 Å². The van der Waals surface area contributed by atoms with Crippen LogP contribution in [0.4, 0.5) is 5.69 Å². The summed E-state index contributed by atoms with van der Waals surface area (Å²) in [5, 5.41) is 0. The fourth-order valence-corrected chi connectivity index (χ4v) is 3.07. The van der Waals surface area contributed by atoms with E-state index < -0.39 is 17.4 Å². The van der Waals surface area contributed by atoms with Crippen LogP contribution >= 0.6 is 0 Å². The number of carbonyl (C=O) groups is 3. The van der Waals surface area contributed by atoms with Crippen LogP contribution in [-0.2, 0) is 29.3 Å². The van der Waals surface area contributed by atoms with Gasteiger partial charge >= 0.3 is 11.9 Å². The second-order valence-electron chi connectivity index (χ2n) is 6.75. The molecule has 0 saturated heterocycles. The zero-order valence-corrected chi connectivity index (χ0v) is 15.4. The standard InChI is InChI=1S/C19H25NO5/c1-12(2)24-17(22)19(18(23)25-13(3)4)10-11-20(14(5)21)16-9-7-6-8-15(16)19/h6-9,12-13H,10-11H2,1-5H3. The van der Waals surface area contributed by atoms with Crippen molar-refractivity contribution in [3.63, 3.8) is 0 Å². The lowest BCUT2D eigenvalue weighted by Crippen LogP contribution is -2.53. The Morgan fingerprint density at radius 3 is 2.00 bits per heavy atom. The summed E-state index contributed by atoms with van der Waals surface area (Å²) in [7, 11) is 0. The Bertz CT molecular complexity index is 658. The normalized spacial score (nSPS) is 15.7. The highest BCUT2D eigenvalue weighted by Crippen LogP contribution is 2.42. The quantitative estimate of drug-likeness (QED) is 0.618. The molecule has 1 aliphatic heterocycles. The molecular weight excluding hydrogens is 322 g/mol. The van der Waals surface area contributed by atoms with Crippen molar-refractivity contribution in [2.75, 3.05) is 11.4 Å². The molecule has 0 saturated carbocycles. The van der Waals surface area contributed by atoms with E-state index in [1.807, 2.05) is 0 Å². The molecule has 1 aromatic rings. The van der Waals surface area contributed by atoms with Gasteiger partial charge in [-0.05, 0) is 40.2 Å². The van der Waals surface area contributed by atoms with Gasteiger partial charge in [0.2, 0.25) is 5.91 Å². The Kier molecular flexibility index (Phi) is 5.50. The smallest absolute Gasteiger partial charge is 0.328 e.